The van der Waals surface area contributed by atoms with Gasteiger partial charge in [-0.25, -0.2) is 4.98 Å². The Balaban J connectivity index is 2.07. The molecule has 0 aliphatic carbocycles. The Labute approximate surface area is 109 Å². The van der Waals surface area contributed by atoms with Crippen molar-refractivity contribution in [1.29, 1.82) is 5.26 Å². The minimum atomic E-state index is 0.478. The second-order valence-corrected chi connectivity index (χ2v) is 5.23. The third kappa shape index (κ3) is 2.96. The number of halogens is 1. The van der Waals surface area contributed by atoms with Gasteiger partial charge < -0.3 is 5.32 Å². The molecule has 5 heteroatoms. The summed E-state index contributed by atoms with van der Waals surface area (Å²) in [7, 11) is 0. The van der Waals surface area contributed by atoms with Crippen LogP contribution < -0.4 is 5.32 Å². The minimum absolute atomic E-state index is 0.478. The van der Waals surface area contributed by atoms with Gasteiger partial charge in [0, 0.05) is 16.8 Å². The van der Waals surface area contributed by atoms with Crippen LogP contribution in [0, 0.1) is 18.3 Å². The summed E-state index contributed by atoms with van der Waals surface area (Å²) < 4.78 is 0. The van der Waals surface area contributed by atoms with Crippen molar-refractivity contribution in [3.63, 3.8) is 0 Å². The molecular weight excluding hydrogens is 254 g/mol. The van der Waals surface area contributed by atoms with Crippen LogP contribution in [0.3, 0.4) is 0 Å². The summed E-state index contributed by atoms with van der Waals surface area (Å²) in [6.45, 7) is 2.68. The molecule has 0 fully saturated rings. The maximum absolute atomic E-state index is 8.86. The zero-order valence-corrected chi connectivity index (χ0v) is 10.8. The van der Waals surface area contributed by atoms with Gasteiger partial charge >= 0.3 is 0 Å². The van der Waals surface area contributed by atoms with Crippen molar-refractivity contribution in [3.05, 3.63) is 44.9 Å². The first-order chi connectivity index (χ1) is 8.19. The molecule has 0 bridgehead atoms. The first kappa shape index (κ1) is 11.9. The van der Waals surface area contributed by atoms with Gasteiger partial charge in [0.05, 0.1) is 22.1 Å². The Morgan fingerprint density at radius 3 is 3.00 bits per heavy atom. The number of aryl methyl sites for hydroxylation is 1. The molecular formula is C12H10ClN3S. The minimum Gasteiger partial charge on any atom is -0.380 e. The number of nitrogens with zero attached hydrogens (tertiary/aromatic N) is 2. The molecule has 2 rings (SSSR count). The summed E-state index contributed by atoms with van der Waals surface area (Å²) in [6.07, 6.45) is 1.86. The highest BCUT2D eigenvalue weighted by molar-refractivity contribution is 7.11. The van der Waals surface area contributed by atoms with Crippen LogP contribution in [0.25, 0.3) is 0 Å². The molecule has 1 heterocycles. The highest BCUT2D eigenvalue weighted by atomic mass is 35.5. The van der Waals surface area contributed by atoms with Gasteiger partial charge in [-0.05, 0) is 25.1 Å². The Kier molecular flexibility index (Phi) is 3.62. The van der Waals surface area contributed by atoms with Crippen molar-refractivity contribution in [2.75, 3.05) is 5.32 Å². The summed E-state index contributed by atoms with van der Waals surface area (Å²) in [5.74, 6) is 0. The van der Waals surface area contributed by atoms with Crippen LogP contribution in [0.1, 0.15) is 15.4 Å². The monoisotopic (exact) mass is 263 g/mol. The van der Waals surface area contributed by atoms with Gasteiger partial charge in [-0.3, -0.25) is 0 Å². The Morgan fingerprint density at radius 1 is 1.53 bits per heavy atom. The van der Waals surface area contributed by atoms with Gasteiger partial charge in [0.15, 0.2) is 0 Å². The van der Waals surface area contributed by atoms with Crippen LogP contribution in [0.4, 0.5) is 5.69 Å². The second-order valence-electron chi connectivity index (χ2n) is 3.51. The van der Waals surface area contributed by atoms with Gasteiger partial charge in [-0.2, -0.15) is 5.26 Å². The number of aromatic nitrogens is 1. The topological polar surface area (TPSA) is 48.7 Å². The van der Waals surface area contributed by atoms with E-state index in [1.807, 2.05) is 19.2 Å². The molecule has 0 aliphatic rings. The maximum atomic E-state index is 8.86. The molecule has 1 N–H and O–H groups in total. The fourth-order valence-corrected chi connectivity index (χ4v) is 2.29. The van der Waals surface area contributed by atoms with E-state index >= 15 is 0 Å². The van der Waals surface area contributed by atoms with Crippen LogP contribution in [-0.4, -0.2) is 4.98 Å². The molecule has 2 aromatic rings. The van der Waals surface area contributed by atoms with E-state index in [1.165, 1.54) is 0 Å². The van der Waals surface area contributed by atoms with Crippen LogP contribution >= 0.6 is 22.9 Å². The molecule has 86 valence electrons. The molecule has 17 heavy (non-hydrogen) atoms. The number of nitrogens with one attached hydrogen (secondary N) is 1. The van der Waals surface area contributed by atoms with Crippen molar-refractivity contribution >= 4 is 28.6 Å². The van der Waals surface area contributed by atoms with Gasteiger partial charge in [-0.1, -0.05) is 11.6 Å². The number of thiazole rings is 1. The fourth-order valence-electron chi connectivity index (χ4n) is 1.40. The maximum Gasteiger partial charge on any atom is 0.101 e. The Morgan fingerprint density at radius 2 is 2.35 bits per heavy atom. The summed E-state index contributed by atoms with van der Waals surface area (Å²) in [6, 6.07) is 7.38. The lowest BCUT2D eigenvalue weighted by atomic mass is 10.2. The van der Waals surface area contributed by atoms with Crippen molar-refractivity contribution in [1.82, 2.24) is 4.98 Å². The lowest BCUT2D eigenvalue weighted by Gasteiger charge is -2.05. The summed E-state index contributed by atoms with van der Waals surface area (Å²) in [5.41, 5.74) is 1.37. The van der Waals surface area contributed by atoms with Crippen LogP contribution in [0.2, 0.25) is 5.02 Å². The van der Waals surface area contributed by atoms with E-state index in [4.69, 9.17) is 16.9 Å². The SMILES string of the molecule is Cc1ncc(CNc2ccc(Cl)c(C#N)c2)s1. The van der Waals surface area contributed by atoms with E-state index in [9.17, 15) is 0 Å². The predicted molar refractivity (Wildman–Crippen MR) is 70.3 cm³/mol. The van der Waals surface area contributed by atoms with Gasteiger partial charge in [0.25, 0.3) is 0 Å². The normalized spacial score (nSPS) is 9.94. The van der Waals surface area contributed by atoms with E-state index in [1.54, 1.807) is 23.5 Å². The van der Waals surface area contributed by atoms with Crippen LogP contribution in [0.15, 0.2) is 24.4 Å². The lowest BCUT2D eigenvalue weighted by molar-refractivity contribution is 1.17. The number of hydrogen-bond donors (Lipinski definition) is 1. The summed E-state index contributed by atoms with van der Waals surface area (Å²) in [5, 5.41) is 13.6. The number of nitriles is 1. The zero-order chi connectivity index (χ0) is 12.3. The summed E-state index contributed by atoms with van der Waals surface area (Å²) in [4.78, 5) is 5.34. The van der Waals surface area contributed by atoms with Crippen molar-refractivity contribution in [3.8, 4) is 6.07 Å². The van der Waals surface area contributed by atoms with Crippen molar-refractivity contribution in [2.45, 2.75) is 13.5 Å². The van der Waals surface area contributed by atoms with Crippen LogP contribution in [0.5, 0.6) is 0 Å². The molecule has 1 aromatic carbocycles. The molecule has 0 saturated heterocycles. The van der Waals surface area contributed by atoms with Crippen LogP contribution in [-0.2, 0) is 6.54 Å². The quantitative estimate of drug-likeness (QED) is 0.921. The molecule has 0 unspecified atom stereocenters. The summed E-state index contributed by atoms with van der Waals surface area (Å²) >= 11 is 7.51. The van der Waals surface area contributed by atoms with Crippen molar-refractivity contribution < 1.29 is 0 Å². The average molecular weight is 264 g/mol. The number of anilines is 1. The average Bonchev–Trinajstić information content (AvgIpc) is 2.74. The molecule has 0 spiro atoms. The number of hydrogen-bond acceptors (Lipinski definition) is 4. The van der Waals surface area contributed by atoms with Gasteiger partial charge in [0.1, 0.15) is 6.07 Å². The Hall–Kier alpha value is -1.57. The van der Waals surface area contributed by atoms with E-state index < -0.39 is 0 Å². The number of benzene rings is 1. The fraction of sp³-hybridized carbons (Fsp3) is 0.167. The largest absolute Gasteiger partial charge is 0.380 e. The standard InChI is InChI=1S/C12H10ClN3S/c1-8-15-6-11(17-8)7-16-10-2-3-12(13)9(4-10)5-14/h2-4,6,16H,7H2,1H3. The predicted octanol–water partition coefficient (Wildman–Crippen LogP) is 3.59. The third-order valence-electron chi connectivity index (χ3n) is 2.22. The van der Waals surface area contributed by atoms with Gasteiger partial charge in [-0.15, -0.1) is 11.3 Å². The van der Waals surface area contributed by atoms with Gasteiger partial charge in [0.2, 0.25) is 0 Å². The molecule has 0 amide bonds. The molecule has 0 saturated carbocycles. The van der Waals surface area contributed by atoms with E-state index in [-0.39, 0.29) is 0 Å². The zero-order valence-electron chi connectivity index (χ0n) is 9.20. The molecule has 0 radical (unpaired) electrons. The molecule has 1 aromatic heterocycles. The van der Waals surface area contributed by atoms with Crippen molar-refractivity contribution in [2.24, 2.45) is 0 Å². The smallest absolute Gasteiger partial charge is 0.101 e. The Bertz CT molecular complexity index is 571. The molecule has 3 nitrogen and oxygen atoms in total. The molecule has 0 atom stereocenters. The van der Waals surface area contributed by atoms with E-state index in [2.05, 4.69) is 16.4 Å². The third-order valence-corrected chi connectivity index (χ3v) is 3.47. The molecule has 0 aliphatic heterocycles. The highest BCUT2D eigenvalue weighted by Crippen LogP contribution is 2.21. The lowest BCUT2D eigenvalue weighted by Crippen LogP contribution is -1.97. The highest BCUT2D eigenvalue weighted by Gasteiger charge is 2.02. The first-order valence-corrected chi connectivity index (χ1v) is 6.23. The first-order valence-electron chi connectivity index (χ1n) is 5.04. The second kappa shape index (κ2) is 5.17. The van der Waals surface area contributed by atoms with E-state index in [0.717, 1.165) is 15.6 Å². The van der Waals surface area contributed by atoms with E-state index in [0.29, 0.717) is 17.1 Å². The number of rotatable bonds is 3.